The van der Waals surface area contributed by atoms with Crippen molar-refractivity contribution in [3.05, 3.63) is 35.4 Å². The molecule has 0 atom stereocenters. The Bertz CT molecular complexity index is 227. The van der Waals surface area contributed by atoms with E-state index >= 15 is 0 Å². The third kappa shape index (κ3) is 3.03. The van der Waals surface area contributed by atoms with Crippen molar-refractivity contribution in [2.75, 3.05) is 0 Å². The zero-order chi connectivity index (χ0) is 8.81. The Morgan fingerprint density at radius 2 is 1.83 bits per heavy atom. The van der Waals surface area contributed by atoms with Gasteiger partial charge in [-0.15, -0.1) is 16.5 Å². The summed E-state index contributed by atoms with van der Waals surface area (Å²) in [5.74, 6) is 0.548. The second-order valence-electron chi connectivity index (χ2n) is 2.33. The average molecular weight is 204 g/mol. The van der Waals surface area contributed by atoms with E-state index in [0.29, 0.717) is 12.5 Å². The second-order valence-corrected chi connectivity index (χ2v) is 2.78. The summed E-state index contributed by atoms with van der Waals surface area (Å²) in [6, 6.07) is 7.90. The van der Waals surface area contributed by atoms with Crippen molar-refractivity contribution in [3.8, 4) is 0 Å². The molecule has 1 N–H and O–H groups in total. The van der Waals surface area contributed by atoms with E-state index < -0.39 is 0 Å². The van der Waals surface area contributed by atoms with Crippen molar-refractivity contribution in [3.63, 3.8) is 0 Å². The van der Waals surface area contributed by atoms with E-state index in [0.717, 1.165) is 11.1 Å². The zero-order valence-electron chi connectivity index (χ0n) is 6.46. The highest BCUT2D eigenvalue weighted by molar-refractivity contribution is 7.77. The van der Waals surface area contributed by atoms with Gasteiger partial charge in [-0.2, -0.15) is 0 Å². The molecule has 1 aromatic rings. The number of nitrogens with one attached hydrogen (secondary N) is 1. The van der Waals surface area contributed by atoms with Crippen LogP contribution in [0, 0.1) is 0 Å². The van der Waals surface area contributed by atoms with Gasteiger partial charge < -0.3 is 0 Å². The lowest BCUT2D eigenvalue weighted by atomic mass is 10.2. The van der Waals surface area contributed by atoms with Crippen molar-refractivity contribution >= 4 is 24.4 Å². The molecule has 0 saturated carbocycles. The summed E-state index contributed by atoms with van der Waals surface area (Å²) < 4.78 is 0. The molecule has 0 fully saturated rings. The number of hydrogen-bond acceptors (Lipinski definition) is 3. The van der Waals surface area contributed by atoms with Crippen LogP contribution in [0.3, 0.4) is 0 Å². The number of benzene rings is 1. The topological polar surface area (TPSA) is 21.3 Å². The zero-order valence-corrected chi connectivity index (χ0v) is 8.11. The van der Waals surface area contributed by atoms with Crippen molar-refractivity contribution in [2.45, 2.75) is 12.5 Å². The molecule has 0 saturated heterocycles. The van der Waals surface area contributed by atoms with Crippen molar-refractivity contribution in [1.82, 2.24) is 4.89 Å². The summed E-state index contributed by atoms with van der Waals surface area (Å²) in [6.45, 7) is 0.506. The summed E-state index contributed by atoms with van der Waals surface area (Å²) >= 11 is 9.32. The predicted molar refractivity (Wildman–Crippen MR) is 52.9 cm³/mol. The molecule has 0 spiro atoms. The third-order valence-electron chi connectivity index (χ3n) is 1.48. The molecule has 2 nitrogen and oxygen atoms in total. The van der Waals surface area contributed by atoms with E-state index in [1.54, 1.807) is 0 Å². The summed E-state index contributed by atoms with van der Waals surface area (Å²) in [6.07, 6.45) is 0. The van der Waals surface area contributed by atoms with E-state index in [-0.39, 0.29) is 0 Å². The molecule has 0 aliphatic rings. The van der Waals surface area contributed by atoms with Crippen molar-refractivity contribution < 1.29 is 4.84 Å². The highest BCUT2D eigenvalue weighted by Gasteiger charge is 1.92. The summed E-state index contributed by atoms with van der Waals surface area (Å²) in [7, 11) is 0. The van der Waals surface area contributed by atoms with Gasteiger partial charge in [-0.1, -0.05) is 37.1 Å². The number of halogens is 1. The Labute approximate surface area is 82.4 Å². The van der Waals surface area contributed by atoms with Gasteiger partial charge in [-0.05, 0) is 11.1 Å². The van der Waals surface area contributed by atoms with Crippen LogP contribution in [-0.4, -0.2) is 0 Å². The Hall–Kier alpha value is -0.220. The average Bonchev–Trinajstić information content (AvgIpc) is 2.15. The maximum absolute atomic E-state index is 5.63. The normalized spacial score (nSPS) is 10.2. The monoisotopic (exact) mass is 203 g/mol. The largest absolute Gasteiger partial charge is 0.287 e. The van der Waals surface area contributed by atoms with Crippen molar-refractivity contribution in [1.29, 1.82) is 0 Å². The Morgan fingerprint density at radius 1 is 1.25 bits per heavy atom. The fraction of sp³-hybridized carbons (Fsp3) is 0.250. The smallest absolute Gasteiger partial charge is 0.0943 e. The molecule has 12 heavy (non-hydrogen) atoms. The highest BCUT2D eigenvalue weighted by Crippen LogP contribution is 2.07. The maximum Gasteiger partial charge on any atom is 0.0943 e. The van der Waals surface area contributed by atoms with Crippen LogP contribution in [0.5, 0.6) is 0 Å². The Balaban J connectivity index is 2.53. The number of thiol groups is 1. The molecule has 4 heteroatoms. The van der Waals surface area contributed by atoms with Crippen LogP contribution in [0.15, 0.2) is 24.3 Å². The van der Waals surface area contributed by atoms with Gasteiger partial charge in [-0.3, -0.25) is 4.84 Å². The molecule has 0 radical (unpaired) electrons. The fourth-order valence-corrected chi connectivity index (χ4v) is 1.08. The lowest BCUT2D eigenvalue weighted by Gasteiger charge is -2.01. The van der Waals surface area contributed by atoms with E-state index in [9.17, 15) is 0 Å². The lowest BCUT2D eigenvalue weighted by Crippen LogP contribution is -2.00. The Morgan fingerprint density at radius 3 is 2.33 bits per heavy atom. The van der Waals surface area contributed by atoms with Crippen molar-refractivity contribution in [2.24, 2.45) is 0 Å². The molecule has 0 unspecified atom stereocenters. The molecule has 1 rings (SSSR count). The first kappa shape index (κ1) is 9.86. The minimum Gasteiger partial charge on any atom is -0.287 e. The van der Waals surface area contributed by atoms with E-state index in [1.165, 1.54) is 0 Å². The number of hydrogen-bond donors (Lipinski definition) is 2. The van der Waals surface area contributed by atoms with Crippen LogP contribution in [0.4, 0.5) is 0 Å². The maximum atomic E-state index is 5.63. The molecule has 0 bridgehead atoms. The third-order valence-corrected chi connectivity index (χ3v) is 1.92. The van der Waals surface area contributed by atoms with Gasteiger partial charge in [0.15, 0.2) is 0 Å². The molecule has 0 amide bonds. The predicted octanol–water partition coefficient (Wildman–Crippen LogP) is 2.29. The van der Waals surface area contributed by atoms with E-state index in [1.807, 2.05) is 24.3 Å². The van der Waals surface area contributed by atoms with Gasteiger partial charge >= 0.3 is 0 Å². The van der Waals surface area contributed by atoms with Gasteiger partial charge in [0.2, 0.25) is 0 Å². The fourth-order valence-electron chi connectivity index (χ4n) is 0.840. The van der Waals surface area contributed by atoms with Crippen LogP contribution in [-0.2, 0) is 17.3 Å². The summed E-state index contributed by atoms with van der Waals surface area (Å²) in [4.78, 5) is 7.19. The molecule has 1 aromatic carbocycles. The van der Waals surface area contributed by atoms with Crippen LogP contribution < -0.4 is 4.89 Å². The summed E-state index contributed by atoms with van der Waals surface area (Å²) in [5.41, 5.74) is 2.20. The van der Waals surface area contributed by atoms with E-state index in [2.05, 4.69) is 17.7 Å². The van der Waals surface area contributed by atoms with Crippen LogP contribution >= 0.6 is 24.4 Å². The van der Waals surface area contributed by atoms with Crippen LogP contribution in [0.2, 0.25) is 0 Å². The summed E-state index contributed by atoms with van der Waals surface area (Å²) in [5, 5.41) is 0. The number of rotatable bonds is 4. The molecule has 0 aliphatic heterocycles. The molecular weight excluding hydrogens is 194 g/mol. The minimum atomic E-state index is 0.506. The van der Waals surface area contributed by atoms with Crippen LogP contribution in [0.25, 0.3) is 0 Å². The molecule has 0 aliphatic carbocycles. The van der Waals surface area contributed by atoms with Gasteiger partial charge in [-0.25, -0.2) is 0 Å². The van der Waals surface area contributed by atoms with Gasteiger partial charge in [0.05, 0.1) is 6.61 Å². The SMILES string of the molecule is SNOCc1ccc(CCl)cc1. The standard InChI is InChI=1S/C8H10ClNOS/c9-5-7-1-3-8(4-2-7)6-11-10-12/h1-4,10,12H,5-6H2. The lowest BCUT2D eigenvalue weighted by molar-refractivity contribution is 0.0886. The first-order chi connectivity index (χ1) is 5.86. The first-order valence-electron chi connectivity index (χ1n) is 3.51. The van der Waals surface area contributed by atoms with E-state index in [4.69, 9.17) is 16.4 Å². The Kier molecular flexibility index (Phi) is 4.46. The van der Waals surface area contributed by atoms with Gasteiger partial charge in [0.25, 0.3) is 0 Å². The molecule has 66 valence electrons. The van der Waals surface area contributed by atoms with Gasteiger partial charge in [0.1, 0.15) is 0 Å². The number of alkyl halides is 1. The molecule has 0 heterocycles. The first-order valence-corrected chi connectivity index (χ1v) is 4.49. The van der Waals surface area contributed by atoms with Crippen LogP contribution in [0.1, 0.15) is 11.1 Å². The second kappa shape index (κ2) is 5.43. The molecule has 0 aromatic heterocycles. The highest BCUT2D eigenvalue weighted by atomic mass is 35.5. The van der Waals surface area contributed by atoms with Gasteiger partial charge in [0, 0.05) is 5.88 Å². The minimum absolute atomic E-state index is 0.506. The quantitative estimate of drug-likeness (QED) is 0.445. The molecular formula is C8H10ClNOS.